The van der Waals surface area contributed by atoms with Gasteiger partial charge in [0.2, 0.25) is 11.8 Å². The minimum atomic E-state index is -0.322. The van der Waals surface area contributed by atoms with E-state index in [4.69, 9.17) is 4.42 Å². The van der Waals surface area contributed by atoms with Gasteiger partial charge < -0.3 is 4.42 Å². The minimum Gasteiger partial charge on any atom is -0.464 e. The van der Waals surface area contributed by atoms with E-state index in [0.29, 0.717) is 18.8 Å². The summed E-state index contributed by atoms with van der Waals surface area (Å²) in [5.41, 5.74) is 3.08. The van der Waals surface area contributed by atoms with Gasteiger partial charge in [-0.2, -0.15) is 0 Å². The van der Waals surface area contributed by atoms with Gasteiger partial charge in [0, 0.05) is 17.4 Å². The zero-order valence-corrected chi connectivity index (χ0v) is 13.2. The fourth-order valence-corrected chi connectivity index (χ4v) is 3.83. The molecule has 24 heavy (non-hydrogen) atoms. The Morgan fingerprint density at radius 1 is 1.04 bits per heavy atom. The maximum Gasteiger partial charge on any atom is 0.234 e. The van der Waals surface area contributed by atoms with Gasteiger partial charge in [0.15, 0.2) is 0 Å². The predicted molar refractivity (Wildman–Crippen MR) is 90.8 cm³/mol. The summed E-state index contributed by atoms with van der Waals surface area (Å²) in [5.74, 6) is -0.0229. The second-order valence-corrected chi connectivity index (χ2v) is 6.89. The van der Waals surface area contributed by atoms with Gasteiger partial charge in [-0.05, 0) is 47.6 Å². The van der Waals surface area contributed by atoms with Crippen LogP contribution in [0.1, 0.15) is 48.6 Å². The van der Waals surface area contributed by atoms with Gasteiger partial charge in [-0.3, -0.25) is 14.9 Å². The van der Waals surface area contributed by atoms with Crippen molar-refractivity contribution in [2.45, 2.75) is 37.5 Å². The number of fused-ring (bicyclic) bond motifs is 3. The van der Waals surface area contributed by atoms with E-state index < -0.39 is 0 Å². The molecule has 2 fully saturated rings. The molecule has 0 bridgehead atoms. The number of imide groups is 1. The number of carbonyl (C=O) groups is 2. The van der Waals surface area contributed by atoms with Crippen molar-refractivity contribution in [3.8, 4) is 0 Å². The molecule has 1 N–H and O–H groups in total. The molecule has 120 valence electrons. The van der Waals surface area contributed by atoms with Crippen molar-refractivity contribution in [2.24, 2.45) is 0 Å². The highest BCUT2D eigenvalue weighted by Gasteiger charge is 2.31. The maximum absolute atomic E-state index is 12.3. The van der Waals surface area contributed by atoms with E-state index >= 15 is 0 Å². The number of carbonyl (C=O) groups excluding carboxylic acids is 2. The molecule has 4 heteroatoms. The van der Waals surface area contributed by atoms with Crippen LogP contribution >= 0.6 is 0 Å². The van der Waals surface area contributed by atoms with Gasteiger partial charge in [0.05, 0.1) is 12.2 Å². The van der Waals surface area contributed by atoms with Crippen LogP contribution in [0.2, 0.25) is 0 Å². The number of furan rings is 1. The van der Waals surface area contributed by atoms with Crippen LogP contribution in [-0.4, -0.2) is 11.8 Å². The van der Waals surface area contributed by atoms with Crippen LogP contribution in [-0.2, 0) is 9.59 Å². The average molecular weight is 319 g/mol. The van der Waals surface area contributed by atoms with Crippen molar-refractivity contribution in [1.82, 2.24) is 5.32 Å². The lowest BCUT2D eigenvalue weighted by molar-refractivity contribution is -0.134. The first-order valence-corrected chi connectivity index (χ1v) is 8.48. The second-order valence-electron chi connectivity index (χ2n) is 6.89. The van der Waals surface area contributed by atoms with Crippen molar-refractivity contribution >= 4 is 33.6 Å². The van der Waals surface area contributed by atoms with E-state index in [9.17, 15) is 9.59 Å². The first-order valence-electron chi connectivity index (χ1n) is 8.48. The summed E-state index contributed by atoms with van der Waals surface area (Å²) in [6, 6.07) is 10.7. The van der Waals surface area contributed by atoms with Gasteiger partial charge >= 0.3 is 0 Å². The van der Waals surface area contributed by atoms with Gasteiger partial charge in [-0.15, -0.1) is 0 Å². The molecule has 0 unspecified atom stereocenters. The molecule has 4 nitrogen and oxygen atoms in total. The minimum absolute atomic E-state index is 0.192. The van der Waals surface area contributed by atoms with Crippen molar-refractivity contribution in [3.05, 3.63) is 47.7 Å². The van der Waals surface area contributed by atoms with Gasteiger partial charge in [0.25, 0.3) is 0 Å². The first-order chi connectivity index (χ1) is 11.7. The van der Waals surface area contributed by atoms with E-state index in [-0.39, 0.29) is 17.7 Å². The second kappa shape index (κ2) is 4.94. The van der Waals surface area contributed by atoms with Crippen LogP contribution in [0.15, 0.2) is 41.0 Å². The molecule has 2 aromatic carbocycles. The summed E-state index contributed by atoms with van der Waals surface area (Å²) in [5, 5.41) is 5.75. The van der Waals surface area contributed by atoms with E-state index in [1.807, 2.05) is 6.07 Å². The SMILES string of the molecule is O=C1CC[C@@H](c2coc3ccc4cc(C5CC5)ccc4c23)C(=O)N1. The molecule has 2 amide bonds. The monoisotopic (exact) mass is 319 g/mol. The van der Waals surface area contributed by atoms with Gasteiger partial charge in [0.1, 0.15) is 5.58 Å². The van der Waals surface area contributed by atoms with Gasteiger partial charge in [-0.1, -0.05) is 24.3 Å². The van der Waals surface area contributed by atoms with Crippen LogP contribution in [0.3, 0.4) is 0 Å². The fourth-order valence-electron chi connectivity index (χ4n) is 3.83. The summed E-state index contributed by atoms with van der Waals surface area (Å²) < 4.78 is 5.71. The number of piperidine rings is 1. The molecule has 2 heterocycles. The summed E-state index contributed by atoms with van der Waals surface area (Å²) in [6.07, 6.45) is 5.15. The molecule has 1 aliphatic heterocycles. The van der Waals surface area contributed by atoms with Crippen molar-refractivity contribution in [3.63, 3.8) is 0 Å². The molecule has 2 aliphatic rings. The summed E-state index contributed by atoms with van der Waals surface area (Å²) in [4.78, 5) is 23.7. The molecule has 1 atom stereocenters. The lowest BCUT2D eigenvalue weighted by Crippen LogP contribution is -2.39. The van der Waals surface area contributed by atoms with Crippen LogP contribution < -0.4 is 5.32 Å². The number of nitrogens with one attached hydrogen (secondary N) is 1. The molecule has 1 saturated heterocycles. The molecule has 1 aliphatic carbocycles. The zero-order chi connectivity index (χ0) is 16.3. The quantitative estimate of drug-likeness (QED) is 0.727. The predicted octanol–water partition coefficient (Wildman–Crippen LogP) is 3.98. The van der Waals surface area contributed by atoms with Crippen LogP contribution in [0.25, 0.3) is 21.7 Å². The molecule has 0 radical (unpaired) electrons. The summed E-state index contributed by atoms with van der Waals surface area (Å²) in [6.45, 7) is 0. The lowest BCUT2D eigenvalue weighted by atomic mass is 9.88. The summed E-state index contributed by atoms with van der Waals surface area (Å²) >= 11 is 0. The van der Waals surface area contributed by atoms with Crippen LogP contribution in [0.4, 0.5) is 0 Å². The number of hydrogen-bond acceptors (Lipinski definition) is 3. The highest BCUT2D eigenvalue weighted by molar-refractivity contribution is 6.10. The molecule has 0 spiro atoms. The molecule has 5 rings (SSSR count). The van der Waals surface area contributed by atoms with Gasteiger partial charge in [-0.25, -0.2) is 0 Å². The topological polar surface area (TPSA) is 59.3 Å². The van der Waals surface area contributed by atoms with Crippen LogP contribution in [0.5, 0.6) is 0 Å². The molecule has 3 aromatic rings. The third kappa shape index (κ3) is 2.06. The fraction of sp³-hybridized carbons (Fsp3) is 0.300. The van der Waals surface area contributed by atoms with Crippen molar-refractivity contribution in [1.29, 1.82) is 0 Å². The normalized spacial score (nSPS) is 21.4. The highest BCUT2D eigenvalue weighted by Crippen LogP contribution is 2.42. The molecule has 1 aromatic heterocycles. The number of benzene rings is 2. The Morgan fingerprint density at radius 2 is 1.92 bits per heavy atom. The standard InChI is InChI=1S/C20H17NO3/c22-18-8-6-15(20(23)21-18)16-10-24-17-7-4-13-9-12(11-1-2-11)3-5-14(13)19(16)17/h3-5,7,9-11,15H,1-2,6,8H2,(H,21,22,23)/t15-/m0/s1. The van der Waals surface area contributed by atoms with E-state index in [2.05, 4.69) is 29.6 Å². The zero-order valence-electron chi connectivity index (χ0n) is 13.2. The Hall–Kier alpha value is -2.62. The Morgan fingerprint density at radius 3 is 2.71 bits per heavy atom. The Balaban J connectivity index is 1.69. The lowest BCUT2D eigenvalue weighted by Gasteiger charge is -2.20. The van der Waals surface area contributed by atoms with E-state index in [1.54, 1.807) is 6.26 Å². The summed E-state index contributed by atoms with van der Waals surface area (Å²) in [7, 11) is 0. The largest absolute Gasteiger partial charge is 0.464 e. The molecular weight excluding hydrogens is 302 g/mol. The highest BCUT2D eigenvalue weighted by atomic mass is 16.3. The molecular formula is C20H17NO3. The van der Waals surface area contributed by atoms with E-state index in [0.717, 1.165) is 21.9 Å². The third-order valence-corrected chi connectivity index (χ3v) is 5.27. The van der Waals surface area contributed by atoms with Crippen LogP contribution in [0, 0.1) is 0 Å². The van der Waals surface area contributed by atoms with Crippen molar-refractivity contribution in [2.75, 3.05) is 0 Å². The Bertz CT molecular complexity index is 997. The number of rotatable bonds is 2. The van der Waals surface area contributed by atoms with E-state index in [1.165, 1.54) is 23.8 Å². The maximum atomic E-state index is 12.3. The Labute approximate surface area is 138 Å². The third-order valence-electron chi connectivity index (χ3n) is 5.27. The van der Waals surface area contributed by atoms with Crippen molar-refractivity contribution < 1.29 is 14.0 Å². The number of amides is 2. The number of hydrogen-bond donors (Lipinski definition) is 1. The smallest absolute Gasteiger partial charge is 0.234 e. The molecule has 1 saturated carbocycles. The average Bonchev–Trinajstić information content (AvgIpc) is 3.34. The first kappa shape index (κ1) is 13.8. The Kier molecular flexibility index (Phi) is 2.84.